The number of amides is 2. The molecule has 0 bridgehead atoms. The van der Waals surface area contributed by atoms with Gasteiger partial charge < -0.3 is 10.2 Å². The minimum atomic E-state index is 0.0823. The van der Waals surface area contributed by atoms with Gasteiger partial charge in [0, 0.05) is 31.9 Å². The van der Waals surface area contributed by atoms with Crippen LogP contribution in [0.25, 0.3) is 0 Å². The van der Waals surface area contributed by atoms with Gasteiger partial charge in [-0.3, -0.25) is 4.68 Å². The predicted octanol–water partition coefficient (Wildman–Crippen LogP) is 3.05. The lowest BCUT2D eigenvalue weighted by atomic mass is 9.87. The Bertz CT molecular complexity index is 541. The monoisotopic (exact) mass is 320 g/mol. The first kappa shape index (κ1) is 17.8. The number of nitrogens with one attached hydrogen (secondary N) is 1. The van der Waals surface area contributed by atoms with Gasteiger partial charge in [-0.25, -0.2) is 4.79 Å². The maximum atomic E-state index is 12.4. The van der Waals surface area contributed by atoms with Crippen molar-refractivity contribution in [1.29, 1.82) is 0 Å². The summed E-state index contributed by atoms with van der Waals surface area (Å²) in [6.07, 6.45) is 3.08. The molecular weight excluding hydrogens is 288 g/mol. The second kappa shape index (κ2) is 7.37. The smallest absolute Gasteiger partial charge is 0.317 e. The van der Waals surface area contributed by atoms with Crippen LogP contribution in [0.2, 0.25) is 0 Å². The third kappa shape index (κ3) is 4.27. The Morgan fingerprint density at radius 3 is 2.35 bits per heavy atom. The number of nitrogens with zero attached hydrogens (tertiary/aromatic N) is 3. The molecule has 0 saturated carbocycles. The molecule has 0 aliphatic carbocycles. The van der Waals surface area contributed by atoms with Gasteiger partial charge in [-0.2, -0.15) is 5.10 Å². The van der Waals surface area contributed by atoms with Crippen LogP contribution in [0.1, 0.15) is 50.6 Å². The molecule has 1 aromatic heterocycles. The fraction of sp³-hybridized carbons (Fsp3) is 0.778. The summed E-state index contributed by atoms with van der Waals surface area (Å²) in [4.78, 5) is 14.4. The van der Waals surface area contributed by atoms with Crippen molar-refractivity contribution in [3.63, 3.8) is 0 Å². The molecule has 1 aliphatic heterocycles. The highest BCUT2D eigenvalue weighted by molar-refractivity contribution is 5.74. The van der Waals surface area contributed by atoms with Gasteiger partial charge in [0.15, 0.2) is 0 Å². The van der Waals surface area contributed by atoms with Crippen LogP contribution >= 0.6 is 0 Å². The van der Waals surface area contributed by atoms with Crippen molar-refractivity contribution >= 4 is 6.03 Å². The van der Waals surface area contributed by atoms with Crippen molar-refractivity contribution in [3.05, 3.63) is 17.0 Å². The van der Waals surface area contributed by atoms with Crippen LogP contribution in [0.4, 0.5) is 4.79 Å². The summed E-state index contributed by atoms with van der Waals surface area (Å²) in [6.45, 7) is 12.5. The van der Waals surface area contributed by atoms with E-state index in [4.69, 9.17) is 0 Å². The highest BCUT2D eigenvalue weighted by Crippen LogP contribution is 2.24. The Morgan fingerprint density at radius 2 is 1.87 bits per heavy atom. The highest BCUT2D eigenvalue weighted by Gasteiger charge is 2.25. The van der Waals surface area contributed by atoms with Crippen LogP contribution in [0, 0.1) is 25.7 Å². The quantitative estimate of drug-likeness (QED) is 0.927. The minimum absolute atomic E-state index is 0.0823. The molecule has 2 rings (SSSR count). The number of aryl methyl sites for hydroxylation is 2. The van der Waals surface area contributed by atoms with Gasteiger partial charge in [0.25, 0.3) is 0 Å². The van der Waals surface area contributed by atoms with Gasteiger partial charge in [0.1, 0.15) is 0 Å². The fourth-order valence-corrected chi connectivity index (χ4v) is 3.54. The Hall–Kier alpha value is -1.52. The molecule has 1 N–H and O–H groups in total. The van der Waals surface area contributed by atoms with Crippen molar-refractivity contribution in [3.8, 4) is 0 Å². The van der Waals surface area contributed by atoms with Crippen LogP contribution in [-0.4, -0.2) is 39.8 Å². The van der Waals surface area contributed by atoms with E-state index in [9.17, 15) is 4.79 Å². The molecule has 2 heterocycles. The molecule has 1 atom stereocenters. The normalized spacial score (nSPS) is 17.6. The van der Waals surface area contributed by atoms with Gasteiger partial charge in [-0.1, -0.05) is 13.8 Å². The second-order valence-corrected chi connectivity index (χ2v) is 7.40. The van der Waals surface area contributed by atoms with Gasteiger partial charge in [0.2, 0.25) is 0 Å². The Labute approximate surface area is 140 Å². The molecule has 0 radical (unpaired) electrons. The maximum absolute atomic E-state index is 12.4. The van der Waals surface area contributed by atoms with E-state index >= 15 is 0 Å². The van der Waals surface area contributed by atoms with E-state index in [2.05, 4.69) is 38.1 Å². The Kier molecular flexibility index (Phi) is 5.71. The zero-order chi connectivity index (χ0) is 17.1. The molecule has 1 fully saturated rings. The summed E-state index contributed by atoms with van der Waals surface area (Å²) in [5.74, 6) is 1.48. The second-order valence-electron chi connectivity index (χ2n) is 7.40. The lowest BCUT2D eigenvalue weighted by molar-refractivity contribution is 0.154. The fourth-order valence-electron chi connectivity index (χ4n) is 3.54. The summed E-state index contributed by atoms with van der Waals surface area (Å²) >= 11 is 0. The molecule has 5 heteroatoms. The predicted molar refractivity (Wildman–Crippen MR) is 93.5 cm³/mol. The van der Waals surface area contributed by atoms with E-state index in [0.717, 1.165) is 49.9 Å². The van der Waals surface area contributed by atoms with Gasteiger partial charge in [-0.15, -0.1) is 0 Å². The van der Waals surface area contributed by atoms with Crippen molar-refractivity contribution in [2.75, 3.05) is 13.1 Å². The van der Waals surface area contributed by atoms with Gasteiger partial charge in [-0.05, 0) is 57.4 Å². The third-order valence-corrected chi connectivity index (χ3v) is 5.31. The number of hydrogen-bond donors (Lipinski definition) is 1. The first-order valence-corrected chi connectivity index (χ1v) is 8.84. The van der Waals surface area contributed by atoms with E-state index in [-0.39, 0.29) is 12.1 Å². The van der Waals surface area contributed by atoms with Gasteiger partial charge >= 0.3 is 6.03 Å². The van der Waals surface area contributed by atoms with E-state index in [0.29, 0.717) is 0 Å². The number of hydrogen-bond acceptors (Lipinski definition) is 2. The third-order valence-electron chi connectivity index (χ3n) is 5.31. The van der Waals surface area contributed by atoms with Crippen LogP contribution in [0.15, 0.2) is 0 Å². The molecule has 5 nitrogen and oxygen atoms in total. The number of likely N-dealkylation sites (tertiary alicyclic amines) is 1. The molecule has 130 valence electrons. The lowest BCUT2D eigenvalue weighted by Gasteiger charge is -2.34. The van der Waals surface area contributed by atoms with Crippen LogP contribution in [0.5, 0.6) is 0 Å². The van der Waals surface area contributed by atoms with E-state index < -0.39 is 0 Å². The summed E-state index contributed by atoms with van der Waals surface area (Å²) in [5.41, 5.74) is 3.49. The average Bonchev–Trinajstić information content (AvgIpc) is 2.73. The standard InChI is InChI=1S/C18H32N4O/c1-12(2)16-7-9-22(10-8-16)18(23)19-13(3)11-17-14(4)20-21(6)15(17)5/h12-13,16H,7-11H2,1-6H3,(H,19,23). The molecule has 1 aliphatic rings. The molecule has 23 heavy (non-hydrogen) atoms. The molecule has 1 unspecified atom stereocenters. The highest BCUT2D eigenvalue weighted by atomic mass is 16.2. The number of aromatic nitrogens is 2. The number of carbonyl (C=O) groups is 1. The topological polar surface area (TPSA) is 50.2 Å². The van der Waals surface area contributed by atoms with E-state index in [1.807, 2.05) is 23.6 Å². The SMILES string of the molecule is Cc1nn(C)c(C)c1CC(C)NC(=O)N1CCC(C(C)C)CC1. The number of urea groups is 1. The van der Waals surface area contributed by atoms with Crippen LogP contribution in [-0.2, 0) is 13.5 Å². The first-order valence-electron chi connectivity index (χ1n) is 8.84. The van der Waals surface area contributed by atoms with Crippen molar-refractivity contribution in [1.82, 2.24) is 20.0 Å². The van der Waals surface area contributed by atoms with Gasteiger partial charge in [0.05, 0.1) is 5.69 Å². The lowest BCUT2D eigenvalue weighted by Crippen LogP contribution is -2.48. The van der Waals surface area contributed by atoms with E-state index in [1.165, 1.54) is 11.3 Å². The number of rotatable bonds is 4. The average molecular weight is 320 g/mol. The Balaban J connectivity index is 1.86. The molecule has 2 amide bonds. The molecular formula is C18H32N4O. The minimum Gasteiger partial charge on any atom is -0.335 e. The van der Waals surface area contributed by atoms with Crippen molar-refractivity contribution in [2.45, 2.75) is 59.9 Å². The molecule has 0 aromatic carbocycles. The largest absolute Gasteiger partial charge is 0.335 e. The summed E-state index contributed by atoms with van der Waals surface area (Å²) < 4.78 is 1.91. The summed E-state index contributed by atoms with van der Waals surface area (Å²) in [5, 5.41) is 7.61. The van der Waals surface area contributed by atoms with Crippen LogP contribution in [0.3, 0.4) is 0 Å². The maximum Gasteiger partial charge on any atom is 0.317 e. The number of carbonyl (C=O) groups excluding carboxylic acids is 1. The molecule has 1 saturated heterocycles. The summed E-state index contributed by atoms with van der Waals surface area (Å²) in [7, 11) is 1.97. The van der Waals surface area contributed by atoms with Crippen molar-refractivity contribution in [2.24, 2.45) is 18.9 Å². The van der Waals surface area contributed by atoms with Crippen LogP contribution < -0.4 is 5.32 Å². The molecule has 0 spiro atoms. The molecule has 1 aromatic rings. The first-order chi connectivity index (χ1) is 10.8. The zero-order valence-electron chi connectivity index (χ0n) is 15.5. The Morgan fingerprint density at radius 1 is 1.26 bits per heavy atom. The number of piperidine rings is 1. The zero-order valence-corrected chi connectivity index (χ0v) is 15.5. The van der Waals surface area contributed by atoms with E-state index in [1.54, 1.807) is 0 Å². The van der Waals surface area contributed by atoms with Crippen molar-refractivity contribution < 1.29 is 4.79 Å². The summed E-state index contributed by atoms with van der Waals surface area (Å²) in [6, 6.07) is 0.200.